The molecule has 0 bridgehead atoms. The summed E-state index contributed by atoms with van der Waals surface area (Å²) in [6, 6.07) is 1.24. The molecule has 0 aliphatic carbocycles. The fourth-order valence-electron chi connectivity index (χ4n) is 0.285. The van der Waals surface area contributed by atoms with Gasteiger partial charge in [0, 0.05) is 25.8 Å². The van der Waals surface area contributed by atoms with Crippen LogP contribution in [0.5, 0.6) is 0 Å². The van der Waals surface area contributed by atoms with Gasteiger partial charge in [0.1, 0.15) is 0 Å². The van der Waals surface area contributed by atoms with Gasteiger partial charge in [0.05, 0.1) is 17.7 Å². The van der Waals surface area contributed by atoms with E-state index in [0.29, 0.717) is 0 Å². The third kappa shape index (κ3) is 11.6. The minimum Gasteiger partial charge on any atom is -0.305 e. The number of rotatable bonds is 8. The van der Waals surface area contributed by atoms with Gasteiger partial charge in [-0.2, -0.15) is 0 Å². The first-order valence-electron chi connectivity index (χ1n) is 3.66. The fraction of sp³-hybridized carbons (Fsp3) is 1.00. The first-order valence-corrected chi connectivity index (χ1v) is 9.98. The molecule has 0 aromatic carbocycles. The molecule has 0 radical (unpaired) electrons. The lowest BCUT2D eigenvalue weighted by molar-refractivity contribution is 0.408. The molecule has 0 aliphatic heterocycles. The van der Waals surface area contributed by atoms with Crippen molar-refractivity contribution < 1.29 is 4.18 Å². The normalized spacial score (nSPS) is 10.6. The topological polar surface area (TPSA) is 9.23 Å². The molecule has 0 N–H and O–H groups in total. The van der Waals surface area contributed by atoms with Gasteiger partial charge >= 0.3 is 0 Å². The summed E-state index contributed by atoms with van der Waals surface area (Å²) in [5.41, 5.74) is 0. The van der Waals surface area contributed by atoms with Crippen LogP contribution >= 0.6 is 41.5 Å². The summed E-state index contributed by atoms with van der Waals surface area (Å²) in [4.78, 5) is 0. The molecule has 1 nitrogen and oxygen atoms in total. The molecule has 68 valence electrons. The third-order valence-electron chi connectivity index (χ3n) is 0.727. The molecule has 0 fully saturated rings. The Bertz CT molecular complexity index is 67.5. The van der Waals surface area contributed by atoms with E-state index in [4.69, 9.17) is 4.18 Å². The first kappa shape index (κ1) is 12.6. The highest BCUT2D eigenvalue weighted by molar-refractivity contribution is 9.25. The van der Waals surface area contributed by atoms with Crippen LogP contribution in [0, 0.1) is 0 Å². The Hall–Kier alpha value is 1.58. The molecule has 0 saturated carbocycles. The van der Waals surface area contributed by atoms with Crippen molar-refractivity contribution in [2.45, 2.75) is 19.4 Å². The number of hydrogen-bond donors (Lipinski definition) is 0. The minimum absolute atomic E-state index is 0.920. The van der Waals surface area contributed by atoms with Crippen molar-refractivity contribution >= 4 is 51.8 Å². The summed E-state index contributed by atoms with van der Waals surface area (Å²) < 4.78 is 5.24. The van der Waals surface area contributed by atoms with Gasteiger partial charge in [-0.05, 0) is 22.3 Å². The summed E-state index contributed by atoms with van der Waals surface area (Å²) in [5, 5.41) is 0. The molecule has 0 aliphatic rings. The highest BCUT2D eigenvalue weighted by Gasteiger charge is 1.91. The summed E-state index contributed by atoms with van der Waals surface area (Å²) >= 11 is 1.51. The van der Waals surface area contributed by atoms with Gasteiger partial charge in [-0.25, -0.2) is 0 Å². The molecule has 0 aromatic rings. The predicted octanol–water partition coefficient (Wildman–Crippen LogP) is 2.79. The van der Waals surface area contributed by atoms with Gasteiger partial charge in [0.2, 0.25) is 0 Å². The van der Waals surface area contributed by atoms with Crippen molar-refractivity contribution in [1.29, 1.82) is 0 Å². The maximum absolute atomic E-state index is 5.24. The maximum atomic E-state index is 5.24. The van der Waals surface area contributed by atoms with Gasteiger partial charge in [-0.15, -0.1) is 0 Å². The second-order valence-electron chi connectivity index (χ2n) is 1.85. The van der Waals surface area contributed by atoms with E-state index in [1.54, 1.807) is 9.83 Å². The van der Waals surface area contributed by atoms with Crippen molar-refractivity contribution in [1.82, 2.24) is 0 Å². The Morgan fingerprint density at radius 2 is 2.18 bits per heavy atom. The van der Waals surface area contributed by atoms with Crippen LogP contribution in [0.15, 0.2) is 0 Å². The predicted molar refractivity (Wildman–Crippen MR) is 66.2 cm³/mol. The van der Waals surface area contributed by atoms with Crippen molar-refractivity contribution in [3.05, 3.63) is 0 Å². The molecule has 0 heterocycles. The highest BCUT2D eigenvalue weighted by atomic mass is 33.7. The second-order valence-corrected chi connectivity index (χ2v) is 8.52. The molecule has 0 amide bonds. The van der Waals surface area contributed by atoms with Crippen LogP contribution in [0.2, 0.25) is 6.04 Å². The Morgan fingerprint density at radius 1 is 1.36 bits per heavy atom. The van der Waals surface area contributed by atoms with Crippen LogP contribution in [0.1, 0.15) is 13.3 Å². The summed E-state index contributed by atoms with van der Waals surface area (Å²) in [5.74, 6) is 1.24. The van der Waals surface area contributed by atoms with Crippen molar-refractivity contribution in [3.8, 4) is 0 Å². The lowest BCUT2D eigenvalue weighted by Crippen LogP contribution is -1.80. The first-order chi connectivity index (χ1) is 5.41. The Labute approximate surface area is 87.4 Å². The zero-order valence-electron chi connectivity index (χ0n) is 6.87. The minimum atomic E-state index is 0.920. The van der Waals surface area contributed by atoms with Gasteiger partial charge in [0.15, 0.2) is 0 Å². The monoisotopic (exact) mass is 246 g/mol. The quantitative estimate of drug-likeness (QED) is 0.281. The zero-order chi connectivity index (χ0) is 8.36. The molecule has 0 unspecified atom stereocenters. The van der Waals surface area contributed by atoms with Crippen LogP contribution < -0.4 is 0 Å². The van der Waals surface area contributed by atoms with E-state index >= 15 is 0 Å². The van der Waals surface area contributed by atoms with Crippen molar-refractivity contribution in [2.24, 2.45) is 0 Å². The van der Waals surface area contributed by atoms with E-state index in [1.807, 2.05) is 20.6 Å². The van der Waals surface area contributed by atoms with Crippen LogP contribution in [0.25, 0.3) is 0 Å². The van der Waals surface area contributed by atoms with Crippen molar-refractivity contribution in [3.63, 3.8) is 0 Å². The second kappa shape index (κ2) is 11.6. The van der Waals surface area contributed by atoms with Gasteiger partial charge in [-0.3, -0.25) is 0 Å². The van der Waals surface area contributed by atoms with E-state index in [-0.39, 0.29) is 0 Å². The molecule has 0 rings (SSSR count). The van der Waals surface area contributed by atoms with Gasteiger partial charge in [-0.1, -0.05) is 17.7 Å². The molecular formula is C5H14OS4Si. The molecule has 6 heteroatoms. The van der Waals surface area contributed by atoms with Crippen molar-refractivity contribution in [2.75, 3.05) is 12.4 Å². The van der Waals surface area contributed by atoms with E-state index < -0.39 is 0 Å². The summed E-state index contributed by atoms with van der Waals surface area (Å²) in [7, 11) is 6.68. The van der Waals surface area contributed by atoms with Gasteiger partial charge < -0.3 is 4.18 Å². The highest BCUT2D eigenvalue weighted by Crippen LogP contribution is 2.43. The molecule has 0 atom stereocenters. The average molecular weight is 247 g/mol. The standard InChI is InChI=1S/C5H14OS4Si/c1-2-4-7-9-10-8-6-3-5-11/h2-5H2,1,11H3. The zero-order valence-corrected chi connectivity index (χ0v) is 12.1. The van der Waals surface area contributed by atoms with E-state index in [9.17, 15) is 0 Å². The van der Waals surface area contributed by atoms with E-state index in [2.05, 4.69) is 6.92 Å². The van der Waals surface area contributed by atoms with Gasteiger partial charge in [0.25, 0.3) is 0 Å². The molecule has 0 spiro atoms. The smallest absolute Gasteiger partial charge is 0.0748 e. The average Bonchev–Trinajstić information content (AvgIpc) is 2.03. The van der Waals surface area contributed by atoms with Crippen LogP contribution in [-0.4, -0.2) is 22.6 Å². The lowest BCUT2D eigenvalue weighted by Gasteiger charge is -1.97. The van der Waals surface area contributed by atoms with Crippen LogP contribution in [-0.2, 0) is 4.18 Å². The van der Waals surface area contributed by atoms with E-state index in [1.165, 1.54) is 39.5 Å². The van der Waals surface area contributed by atoms with Crippen LogP contribution in [0.4, 0.5) is 0 Å². The SMILES string of the molecule is CCCSSSSOCC[SiH3]. The van der Waals surface area contributed by atoms with E-state index in [0.717, 1.165) is 6.61 Å². The third-order valence-corrected chi connectivity index (χ3v) is 6.96. The molecule has 0 saturated heterocycles. The van der Waals surface area contributed by atoms with Crippen LogP contribution in [0.3, 0.4) is 0 Å². The molecule has 0 aromatic heterocycles. The Balaban J connectivity index is 2.69. The summed E-state index contributed by atoms with van der Waals surface area (Å²) in [6.07, 6.45) is 1.25. The lowest BCUT2D eigenvalue weighted by atomic mass is 10.6. The summed E-state index contributed by atoms with van der Waals surface area (Å²) in [6.45, 7) is 3.12. The largest absolute Gasteiger partial charge is 0.305 e. The number of hydrogen-bond acceptors (Lipinski definition) is 5. The Kier molecular flexibility index (Phi) is 13.2. The molecule has 11 heavy (non-hydrogen) atoms. The molecular weight excluding hydrogens is 232 g/mol. The maximum Gasteiger partial charge on any atom is 0.0748 e. The fourth-order valence-corrected chi connectivity index (χ4v) is 5.76. The Morgan fingerprint density at radius 3 is 2.82 bits per heavy atom.